The predicted octanol–water partition coefficient (Wildman–Crippen LogP) is 2.76. The second-order valence-corrected chi connectivity index (χ2v) is 4.44. The van der Waals surface area contributed by atoms with Crippen molar-refractivity contribution in [3.05, 3.63) is 0 Å². The van der Waals surface area contributed by atoms with Crippen LogP contribution in [0.25, 0.3) is 0 Å². The summed E-state index contributed by atoms with van der Waals surface area (Å²) in [6.07, 6.45) is 8.29. The van der Waals surface area contributed by atoms with Crippen molar-refractivity contribution in [3.8, 4) is 0 Å². The second-order valence-electron chi connectivity index (χ2n) is 4.44. The summed E-state index contributed by atoms with van der Waals surface area (Å²) in [5.74, 6) is 0. The van der Waals surface area contributed by atoms with Gasteiger partial charge in [-0.3, -0.25) is 0 Å². The third kappa shape index (κ3) is 27.2. The Morgan fingerprint density at radius 3 is 1.63 bits per heavy atom. The molecule has 4 heteroatoms. The largest absolute Gasteiger partial charge is 0.396 e. The molecule has 19 heavy (non-hydrogen) atoms. The van der Waals surface area contributed by atoms with Gasteiger partial charge in [0, 0.05) is 13.2 Å². The minimum Gasteiger partial charge on any atom is -0.396 e. The van der Waals surface area contributed by atoms with Crippen molar-refractivity contribution in [3.63, 3.8) is 0 Å². The highest BCUT2D eigenvalue weighted by atomic mass is 16.5. The average Bonchev–Trinajstić information content (AvgIpc) is 2.44. The van der Waals surface area contributed by atoms with Crippen LogP contribution in [0.3, 0.4) is 0 Å². The van der Waals surface area contributed by atoms with Gasteiger partial charge in [-0.1, -0.05) is 46.0 Å². The molecule has 0 atom stereocenters. The molecule has 2 N–H and O–H groups in total. The summed E-state index contributed by atoms with van der Waals surface area (Å²) in [5.41, 5.74) is 0. The van der Waals surface area contributed by atoms with Crippen molar-refractivity contribution in [1.29, 1.82) is 0 Å². The first-order valence-corrected chi connectivity index (χ1v) is 7.70. The van der Waals surface area contributed by atoms with E-state index in [2.05, 4.69) is 13.8 Å². The predicted molar refractivity (Wildman–Crippen MR) is 79.5 cm³/mol. The summed E-state index contributed by atoms with van der Waals surface area (Å²) in [6, 6.07) is 0. The summed E-state index contributed by atoms with van der Waals surface area (Å²) in [4.78, 5) is 0. The molecule has 0 aliphatic heterocycles. The third-order valence-corrected chi connectivity index (χ3v) is 2.51. The molecule has 0 fully saturated rings. The highest BCUT2D eigenvalue weighted by Gasteiger charge is 1.90. The minimum atomic E-state index is 0.0938. The van der Waals surface area contributed by atoms with Crippen molar-refractivity contribution in [2.75, 3.05) is 39.6 Å². The standard InChI is InChI=1S/C10H22O3.C5H12O/c1-2-3-4-5-7-12-9-10-13-8-6-11;1-2-3-4-5-6/h11H,2-10H2,1H3;6H,2-5H2,1H3. The van der Waals surface area contributed by atoms with Gasteiger partial charge in [0.05, 0.1) is 26.4 Å². The van der Waals surface area contributed by atoms with Gasteiger partial charge in [0.15, 0.2) is 0 Å². The molecule has 0 aromatic carbocycles. The maximum atomic E-state index is 8.40. The molecule has 0 saturated heterocycles. The van der Waals surface area contributed by atoms with E-state index in [-0.39, 0.29) is 6.61 Å². The van der Waals surface area contributed by atoms with E-state index in [1.807, 2.05) is 0 Å². The Hall–Kier alpha value is -0.160. The van der Waals surface area contributed by atoms with Crippen LogP contribution < -0.4 is 0 Å². The van der Waals surface area contributed by atoms with Gasteiger partial charge in [0.1, 0.15) is 0 Å². The number of aliphatic hydroxyl groups is 2. The van der Waals surface area contributed by atoms with Crippen molar-refractivity contribution in [2.45, 2.75) is 58.8 Å². The normalized spacial score (nSPS) is 10.1. The highest BCUT2D eigenvalue weighted by molar-refractivity contribution is 4.39. The summed E-state index contributed by atoms with van der Waals surface area (Å²) >= 11 is 0. The number of hydrogen-bond acceptors (Lipinski definition) is 4. The number of rotatable bonds is 13. The van der Waals surface area contributed by atoms with Crippen LogP contribution in [-0.4, -0.2) is 49.9 Å². The molecule has 0 unspecified atom stereocenters. The molecule has 0 aliphatic rings. The highest BCUT2D eigenvalue weighted by Crippen LogP contribution is 1.98. The fourth-order valence-corrected chi connectivity index (χ4v) is 1.38. The van der Waals surface area contributed by atoms with E-state index in [1.54, 1.807) is 0 Å². The zero-order chi connectivity index (χ0) is 14.6. The first-order valence-electron chi connectivity index (χ1n) is 7.70. The van der Waals surface area contributed by atoms with Crippen molar-refractivity contribution in [1.82, 2.24) is 0 Å². The van der Waals surface area contributed by atoms with E-state index < -0.39 is 0 Å². The SMILES string of the molecule is CCCCCCOCCOCCO.CCCCCO. The van der Waals surface area contributed by atoms with Crippen molar-refractivity contribution < 1.29 is 19.7 Å². The Morgan fingerprint density at radius 1 is 0.579 bits per heavy atom. The van der Waals surface area contributed by atoms with Gasteiger partial charge in [-0.2, -0.15) is 0 Å². The molecule has 0 aromatic heterocycles. The topological polar surface area (TPSA) is 58.9 Å². The van der Waals surface area contributed by atoms with Gasteiger partial charge in [-0.15, -0.1) is 0 Å². The Morgan fingerprint density at radius 2 is 1.16 bits per heavy atom. The number of ether oxygens (including phenoxy) is 2. The molecule has 118 valence electrons. The fraction of sp³-hybridized carbons (Fsp3) is 1.00. The van der Waals surface area contributed by atoms with Crippen LogP contribution in [0, 0.1) is 0 Å². The van der Waals surface area contributed by atoms with E-state index >= 15 is 0 Å². The fourth-order valence-electron chi connectivity index (χ4n) is 1.38. The van der Waals surface area contributed by atoms with Gasteiger partial charge < -0.3 is 19.7 Å². The van der Waals surface area contributed by atoms with Crippen LogP contribution in [0.15, 0.2) is 0 Å². The van der Waals surface area contributed by atoms with Crippen LogP contribution in [0.2, 0.25) is 0 Å². The van der Waals surface area contributed by atoms with E-state index in [9.17, 15) is 0 Å². The van der Waals surface area contributed by atoms with Crippen LogP contribution in [0.5, 0.6) is 0 Å². The Labute approximate surface area is 119 Å². The first kappa shape index (κ1) is 21.1. The molecule has 0 aliphatic carbocycles. The van der Waals surface area contributed by atoms with Crippen LogP contribution in [0.1, 0.15) is 58.8 Å². The van der Waals surface area contributed by atoms with E-state index in [0.717, 1.165) is 25.9 Å². The Kier molecular flexibility index (Phi) is 25.6. The smallest absolute Gasteiger partial charge is 0.0701 e. The maximum Gasteiger partial charge on any atom is 0.0701 e. The molecule has 0 heterocycles. The lowest BCUT2D eigenvalue weighted by Gasteiger charge is -2.04. The molecule has 0 radical (unpaired) electrons. The summed E-state index contributed by atoms with van der Waals surface area (Å²) < 4.78 is 10.4. The van der Waals surface area contributed by atoms with E-state index in [1.165, 1.54) is 25.7 Å². The van der Waals surface area contributed by atoms with Gasteiger partial charge in [0.25, 0.3) is 0 Å². The maximum absolute atomic E-state index is 8.40. The summed E-state index contributed by atoms with van der Waals surface area (Å²) in [5, 5.41) is 16.6. The second kappa shape index (κ2) is 23.0. The zero-order valence-corrected chi connectivity index (χ0v) is 12.9. The van der Waals surface area contributed by atoms with Gasteiger partial charge in [0.2, 0.25) is 0 Å². The summed E-state index contributed by atoms with van der Waals surface area (Å²) in [7, 11) is 0. The van der Waals surface area contributed by atoms with Gasteiger partial charge >= 0.3 is 0 Å². The minimum absolute atomic E-state index is 0.0938. The van der Waals surface area contributed by atoms with Crippen molar-refractivity contribution >= 4 is 0 Å². The molecule has 0 aromatic rings. The molecule has 0 spiro atoms. The van der Waals surface area contributed by atoms with Crippen LogP contribution in [0.4, 0.5) is 0 Å². The lowest BCUT2D eigenvalue weighted by atomic mass is 10.2. The molecule has 0 amide bonds. The summed E-state index contributed by atoms with van der Waals surface area (Å²) in [6.45, 7) is 7.26. The lowest BCUT2D eigenvalue weighted by Crippen LogP contribution is -2.07. The zero-order valence-electron chi connectivity index (χ0n) is 12.9. The third-order valence-electron chi connectivity index (χ3n) is 2.51. The molecule has 0 saturated carbocycles. The Bertz CT molecular complexity index is 117. The molecule has 0 bridgehead atoms. The molecule has 0 rings (SSSR count). The Balaban J connectivity index is 0. The van der Waals surface area contributed by atoms with Crippen LogP contribution in [-0.2, 0) is 9.47 Å². The number of unbranched alkanes of at least 4 members (excludes halogenated alkanes) is 5. The lowest BCUT2D eigenvalue weighted by molar-refractivity contribution is 0.0321. The quantitative estimate of drug-likeness (QED) is 0.509. The first-order chi connectivity index (χ1) is 9.33. The average molecular weight is 278 g/mol. The van der Waals surface area contributed by atoms with Gasteiger partial charge in [-0.05, 0) is 12.8 Å². The van der Waals surface area contributed by atoms with E-state index in [0.29, 0.717) is 26.4 Å². The molecular formula is C15H34O4. The molecular weight excluding hydrogens is 244 g/mol. The van der Waals surface area contributed by atoms with Gasteiger partial charge in [-0.25, -0.2) is 0 Å². The number of hydrogen-bond donors (Lipinski definition) is 2. The van der Waals surface area contributed by atoms with Crippen LogP contribution >= 0.6 is 0 Å². The van der Waals surface area contributed by atoms with Crippen molar-refractivity contribution in [2.24, 2.45) is 0 Å². The number of aliphatic hydroxyl groups excluding tert-OH is 2. The molecule has 4 nitrogen and oxygen atoms in total. The monoisotopic (exact) mass is 278 g/mol. The van der Waals surface area contributed by atoms with E-state index in [4.69, 9.17) is 19.7 Å².